The van der Waals surface area contributed by atoms with Crippen molar-refractivity contribution in [3.05, 3.63) is 35.2 Å². The zero-order valence-corrected chi connectivity index (χ0v) is 21.0. The fourth-order valence-corrected chi connectivity index (χ4v) is 3.63. The predicted octanol–water partition coefficient (Wildman–Crippen LogP) is 3.98. The van der Waals surface area contributed by atoms with Crippen molar-refractivity contribution >= 4 is 41.5 Å². The van der Waals surface area contributed by atoms with Crippen molar-refractivity contribution < 1.29 is 4.52 Å². The first-order valence-corrected chi connectivity index (χ1v) is 10.8. The van der Waals surface area contributed by atoms with Crippen LogP contribution in [0.2, 0.25) is 5.02 Å². The minimum Gasteiger partial charge on any atom is -0.357 e. The van der Waals surface area contributed by atoms with Crippen molar-refractivity contribution in [3.63, 3.8) is 0 Å². The lowest BCUT2D eigenvalue weighted by Gasteiger charge is -2.35. The van der Waals surface area contributed by atoms with E-state index in [-0.39, 0.29) is 24.0 Å². The van der Waals surface area contributed by atoms with E-state index < -0.39 is 0 Å². The van der Waals surface area contributed by atoms with E-state index in [2.05, 4.69) is 51.4 Å². The molecule has 30 heavy (non-hydrogen) atoms. The molecule has 7 nitrogen and oxygen atoms in total. The van der Waals surface area contributed by atoms with Crippen LogP contribution in [0, 0.1) is 0 Å². The van der Waals surface area contributed by atoms with E-state index >= 15 is 0 Å². The van der Waals surface area contributed by atoms with Crippen LogP contribution in [-0.2, 0) is 6.42 Å². The molecule has 2 N–H and O–H groups in total. The van der Waals surface area contributed by atoms with Gasteiger partial charge in [0.05, 0.1) is 6.54 Å². The molecule has 0 amide bonds. The molecular weight excluding hydrogens is 515 g/mol. The maximum Gasteiger partial charge on any atom is 0.228 e. The number of hydrogen-bond donors (Lipinski definition) is 2. The van der Waals surface area contributed by atoms with E-state index in [4.69, 9.17) is 16.1 Å². The average molecular weight is 547 g/mol. The van der Waals surface area contributed by atoms with E-state index in [1.807, 2.05) is 24.3 Å². The Hall–Kier alpha value is -1.39. The largest absolute Gasteiger partial charge is 0.357 e. The van der Waals surface area contributed by atoms with Crippen LogP contribution in [0.25, 0.3) is 11.4 Å². The summed E-state index contributed by atoms with van der Waals surface area (Å²) in [5.41, 5.74) is 0.846. The number of nitrogens with zero attached hydrogens (tertiary/aromatic N) is 4. The normalized spacial score (nSPS) is 15.8. The number of guanidine groups is 1. The number of piperidine rings is 1. The molecule has 1 aliphatic heterocycles. The molecule has 0 aliphatic carbocycles. The molecular formula is C21H32ClIN6O. The summed E-state index contributed by atoms with van der Waals surface area (Å²) in [6, 6.07) is 8.51. The van der Waals surface area contributed by atoms with Gasteiger partial charge in [0.2, 0.25) is 11.7 Å². The van der Waals surface area contributed by atoms with Crippen LogP contribution in [0.5, 0.6) is 0 Å². The summed E-state index contributed by atoms with van der Waals surface area (Å²) in [6.45, 7) is 10.3. The van der Waals surface area contributed by atoms with Gasteiger partial charge >= 0.3 is 0 Å². The zero-order valence-electron chi connectivity index (χ0n) is 17.9. The Kier molecular flexibility index (Phi) is 10.3. The average Bonchev–Trinajstić information content (AvgIpc) is 3.17. The fourth-order valence-electron chi connectivity index (χ4n) is 3.44. The number of benzene rings is 1. The van der Waals surface area contributed by atoms with Gasteiger partial charge in [-0.25, -0.2) is 0 Å². The van der Waals surface area contributed by atoms with Crippen molar-refractivity contribution in [3.8, 4) is 11.4 Å². The molecule has 0 unspecified atom stereocenters. The first-order valence-electron chi connectivity index (χ1n) is 10.4. The van der Waals surface area contributed by atoms with Crippen LogP contribution in [0.4, 0.5) is 0 Å². The summed E-state index contributed by atoms with van der Waals surface area (Å²) in [7, 11) is 0. The molecule has 0 atom stereocenters. The third kappa shape index (κ3) is 7.39. The van der Waals surface area contributed by atoms with E-state index in [9.17, 15) is 0 Å². The smallest absolute Gasteiger partial charge is 0.228 e. The van der Waals surface area contributed by atoms with Gasteiger partial charge in [0.1, 0.15) is 0 Å². The van der Waals surface area contributed by atoms with Gasteiger partial charge in [-0.2, -0.15) is 4.98 Å². The molecule has 0 spiro atoms. The molecule has 0 saturated carbocycles. The summed E-state index contributed by atoms with van der Waals surface area (Å²) >= 11 is 6.03. The fraction of sp³-hybridized carbons (Fsp3) is 0.571. The highest BCUT2D eigenvalue weighted by Crippen LogP contribution is 2.20. The SMILES string of the molecule is CCNC(=NCCc1nc(-c2cccc(Cl)c2)no1)NC1CCN(C(C)C)CC1.I. The Labute approximate surface area is 201 Å². The van der Waals surface area contributed by atoms with Crippen molar-refractivity contribution in [2.45, 2.75) is 52.1 Å². The Morgan fingerprint density at radius 2 is 2.10 bits per heavy atom. The highest BCUT2D eigenvalue weighted by molar-refractivity contribution is 14.0. The second-order valence-corrected chi connectivity index (χ2v) is 8.02. The lowest BCUT2D eigenvalue weighted by atomic mass is 10.0. The van der Waals surface area contributed by atoms with Gasteiger partial charge in [0.15, 0.2) is 5.96 Å². The van der Waals surface area contributed by atoms with Gasteiger partial charge in [-0.3, -0.25) is 4.99 Å². The summed E-state index contributed by atoms with van der Waals surface area (Å²) in [5, 5.41) is 11.6. The molecule has 1 saturated heterocycles. The lowest BCUT2D eigenvalue weighted by molar-refractivity contribution is 0.167. The third-order valence-electron chi connectivity index (χ3n) is 5.09. The first-order chi connectivity index (χ1) is 14.0. The van der Waals surface area contributed by atoms with Crippen molar-refractivity contribution in [2.75, 3.05) is 26.2 Å². The standard InChI is InChI=1S/C21H31ClN6O.HI/c1-4-23-21(25-18-9-12-28(13-10-18)15(2)3)24-11-8-19-26-20(27-29-19)16-6-5-7-17(22)14-16;/h5-7,14-15,18H,4,8-13H2,1-3H3,(H2,23,24,25);1H. The monoisotopic (exact) mass is 546 g/mol. The van der Waals surface area contributed by atoms with E-state index in [0.29, 0.717) is 41.8 Å². The van der Waals surface area contributed by atoms with Gasteiger partial charge in [-0.1, -0.05) is 28.9 Å². The molecule has 0 bridgehead atoms. The van der Waals surface area contributed by atoms with Crippen LogP contribution in [0.3, 0.4) is 0 Å². The van der Waals surface area contributed by atoms with Crippen LogP contribution in [0.1, 0.15) is 39.5 Å². The number of halogens is 2. The van der Waals surface area contributed by atoms with Crippen LogP contribution in [-0.4, -0.2) is 59.3 Å². The third-order valence-corrected chi connectivity index (χ3v) is 5.33. The predicted molar refractivity (Wildman–Crippen MR) is 133 cm³/mol. The number of nitrogens with one attached hydrogen (secondary N) is 2. The number of hydrogen-bond acceptors (Lipinski definition) is 5. The summed E-state index contributed by atoms with van der Waals surface area (Å²) in [4.78, 5) is 11.7. The van der Waals surface area contributed by atoms with Crippen molar-refractivity contribution in [2.24, 2.45) is 4.99 Å². The second kappa shape index (κ2) is 12.5. The Balaban J connectivity index is 0.00000320. The van der Waals surface area contributed by atoms with Crippen LogP contribution >= 0.6 is 35.6 Å². The van der Waals surface area contributed by atoms with E-state index in [1.165, 1.54) is 0 Å². The highest BCUT2D eigenvalue weighted by Gasteiger charge is 2.21. The number of likely N-dealkylation sites (tertiary alicyclic amines) is 1. The zero-order chi connectivity index (χ0) is 20.6. The van der Waals surface area contributed by atoms with Crippen LogP contribution in [0.15, 0.2) is 33.8 Å². The van der Waals surface area contributed by atoms with Crippen molar-refractivity contribution in [1.82, 2.24) is 25.7 Å². The molecule has 1 fully saturated rings. The van der Waals surface area contributed by atoms with Gasteiger partial charge in [-0.15, -0.1) is 24.0 Å². The maximum absolute atomic E-state index is 6.03. The Bertz CT molecular complexity index is 804. The van der Waals surface area contributed by atoms with Gasteiger partial charge in [0.25, 0.3) is 0 Å². The number of rotatable bonds is 7. The molecule has 3 rings (SSSR count). The molecule has 2 heterocycles. The van der Waals surface area contributed by atoms with Gasteiger partial charge in [0, 0.05) is 48.7 Å². The minimum atomic E-state index is 0. The second-order valence-electron chi connectivity index (χ2n) is 7.58. The molecule has 2 aromatic rings. The topological polar surface area (TPSA) is 78.6 Å². The minimum absolute atomic E-state index is 0. The number of aliphatic imine (C=N–C) groups is 1. The van der Waals surface area contributed by atoms with E-state index in [0.717, 1.165) is 44.0 Å². The van der Waals surface area contributed by atoms with E-state index in [1.54, 1.807) is 0 Å². The maximum atomic E-state index is 6.03. The summed E-state index contributed by atoms with van der Waals surface area (Å²) in [6.07, 6.45) is 2.86. The molecule has 1 aliphatic rings. The Morgan fingerprint density at radius 3 is 2.77 bits per heavy atom. The first kappa shape index (κ1) is 24.9. The van der Waals surface area contributed by atoms with Gasteiger partial charge < -0.3 is 20.1 Å². The molecule has 1 aromatic heterocycles. The van der Waals surface area contributed by atoms with Gasteiger partial charge in [-0.05, 0) is 45.7 Å². The summed E-state index contributed by atoms with van der Waals surface area (Å²) < 4.78 is 5.37. The number of aromatic nitrogens is 2. The molecule has 166 valence electrons. The quantitative estimate of drug-likeness (QED) is 0.311. The lowest BCUT2D eigenvalue weighted by Crippen LogP contribution is -2.49. The Morgan fingerprint density at radius 1 is 1.33 bits per heavy atom. The van der Waals surface area contributed by atoms with Crippen LogP contribution < -0.4 is 10.6 Å². The molecule has 0 radical (unpaired) electrons. The molecule has 9 heteroatoms. The highest BCUT2D eigenvalue weighted by atomic mass is 127. The molecule has 1 aromatic carbocycles. The van der Waals surface area contributed by atoms with Crippen molar-refractivity contribution in [1.29, 1.82) is 0 Å². The summed E-state index contributed by atoms with van der Waals surface area (Å²) in [5.74, 6) is 1.98.